The minimum Gasteiger partial charge on any atom is -0.394 e. The number of aromatic amines is 1. The number of ether oxygens (including phenoxy) is 1. The van der Waals surface area contributed by atoms with Gasteiger partial charge in [-0.25, -0.2) is 4.79 Å². The number of aliphatic hydroxyl groups excluding tert-OH is 4. The van der Waals surface area contributed by atoms with Crippen molar-refractivity contribution in [2.75, 3.05) is 6.61 Å². The Kier molecular flexibility index (Phi) is 5.77. The second-order valence-electron chi connectivity index (χ2n) is 7.71. The first-order valence-electron chi connectivity index (χ1n) is 10.0. The molecule has 30 heavy (non-hydrogen) atoms. The van der Waals surface area contributed by atoms with Crippen molar-refractivity contribution >= 4 is 11.0 Å². The number of rotatable bonds is 5. The van der Waals surface area contributed by atoms with Crippen molar-refractivity contribution in [1.29, 1.82) is 0 Å². The summed E-state index contributed by atoms with van der Waals surface area (Å²) in [5.74, 6) is 0. The Bertz CT molecular complexity index is 1070. The Morgan fingerprint density at radius 2 is 1.70 bits per heavy atom. The van der Waals surface area contributed by atoms with Crippen LogP contribution in [0.4, 0.5) is 0 Å². The van der Waals surface area contributed by atoms with Gasteiger partial charge in [-0.15, -0.1) is 0 Å². The molecule has 0 amide bonds. The smallest absolute Gasteiger partial charge is 0.326 e. The Morgan fingerprint density at radius 3 is 2.37 bits per heavy atom. The van der Waals surface area contributed by atoms with Gasteiger partial charge >= 0.3 is 5.69 Å². The van der Waals surface area contributed by atoms with E-state index in [1.54, 1.807) is 22.8 Å². The molecule has 8 nitrogen and oxygen atoms in total. The van der Waals surface area contributed by atoms with Crippen molar-refractivity contribution in [3.8, 4) is 0 Å². The minimum absolute atomic E-state index is 0.254. The average molecular weight is 414 g/mol. The van der Waals surface area contributed by atoms with Gasteiger partial charge in [-0.2, -0.15) is 0 Å². The predicted molar refractivity (Wildman–Crippen MR) is 110 cm³/mol. The molecule has 8 heteroatoms. The van der Waals surface area contributed by atoms with Crippen LogP contribution in [0.3, 0.4) is 0 Å². The highest BCUT2D eigenvalue weighted by molar-refractivity contribution is 5.76. The third-order valence-electron chi connectivity index (χ3n) is 5.79. The van der Waals surface area contributed by atoms with Gasteiger partial charge in [0.05, 0.1) is 24.2 Å². The second-order valence-corrected chi connectivity index (χ2v) is 7.71. The van der Waals surface area contributed by atoms with Crippen molar-refractivity contribution in [3.05, 3.63) is 69.6 Å². The van der Waals surface area contributed by atoms with E-state index in [0.717, 1.165) is 12.0 Å². The van der Waals surface area contributed by atoms with E-state index in [4.69, 9.17) is 4.74 Å². The number of H-pyrrole nitrogens is 1. The van der Waals surface area contributed by atoms with Gasteiger partial charge in [0.1, 0.15) is 30.5 Å². The molecule has 1 aromatic heterocycles. The van der Waals surface area contributed by atoms with Crippen LogP contribution in [0, 0.1) is 0 Å². The number of fused-ring (bicyclic) bond motifs is 1. The summed E-state index contributed by atoms with van der Waals surface area (Å²) in [6.45, 7) is 1.97. The van der Waals surface area contributed by atoms with E-state index in [2.05, 4.69) is 11.9 Å². The van der Waals surface area contributed by atoms with E-state index in [0.29, 0.717) is 23.1 Å². The van der Waals surface area contributed by atoms with Crippen molar-refractivity contribution in [2.24, 2.45) is 0 Å². The van der Waals surface area contributed by atoms with Crippen LogP contribution in [0.1, 0.15) is 29.7 Å². The zero-order chi connectivity index (χ0) is 21.4. The number of aliphatic hydroxyl groups is 4. The standard InChI is InChI=1S/C22H26N2O6/c1-2-12-3-5-13(6-4-12)10-24-16-9-14(7-8-15(16)23-22(24)29)21-20(28)19(27)18(26)17(11-25)30-21/h3-9,17-21,25-28H,2,10-11H2,1H3,(H,23,29). The lowest BCUT2D eigenvalue weighted by Crippen LogP contribution is -2.55. The van der Waals surface area contributed by atoms with Crippen LogP contribution >= 0.6 is 0 Å². The Labute approximate surface area is 173 Å². The minimum atomic E-state index is -1.46. The molecule has 3 aromatic rings. The maximum atomic E-state index is 12.5. The molecular formula is C22H26N2O6. The van der Waals surface area contributed by atoms with E-state index in [1.807, 2.05) is 24.3 Å². The summed E-state index contributed by atoms with van der Waals surface area (Å²) in [4.78, 5) is 15.4. The van der Waals surface area contributed by atoms with Crippen LogP contribution in [0.25, 0.3) is 11.0 Å². The van der Waals surface area contributed by atoms with E-state index in [9.17, 15) is 25.2 Å². The lowest BCUT2D eigenvalue weighted by atomic mass is 9.91. The van der Waals surface area contributed by atoms with E-state index >= 15 is 0 Å². The summed E-state index contributed by atoms with van der Waals surface area (Å²) in [5.41, 5.74) is 3.75. The normalized spacial score (nSPS) is 26.9. The summed E-state index contributed by atoms with van der Waals surface area (Å²) >= 11 is 0. The van der Waals surface area contributed by atoms with Crippen LogP contribution in [0.15, 0.2) is 47.3 Å². The average Bonchev–Trinajstić information content (AvgIpc) is 3.07. The molecule has 5 unspecified atom stereocenters. The van der Waals surface area contributed by atoms with Crippen LogP contribution in [0.5, 0.6) is 0 Å². The Balaban J connectivity index is 1.69. The van der Waals surface area contributed by atoms with Crippen molar-refractivity contribution in [1.82, 2.24) is 9.55 Å². The number of hydrogen-bond donors (Lipinski definition) is 5. The quantitative estimate of drug-likeness (QED) is 0.413. The van der Waals surface area contributed by atoms with Crippen LogP contribution < -0.4 is 5.69 Å². The van der Waals surface area contributed by atoms with Crippen LogP contribution in [-0.4, -0.2) is 61.0 Å². The number of benzene rings is 2. The molecule has 0 aliphatic carbocycles. The third kappa shape index (κ3) is 3.68. The van der Waals surface area contributed by atoms with Crippen molar-refractivity contribution in [2.45, 2.75) is 50.4 Å². The lowest BCUT2D eigenvalue weighted by Gasteiger charge is -2.40. The topological polar surface area (TPSA) is 128 Å². The fourth-order valence-corrected chi connectivity index (χ4v) is 3.94. The lowest BCUT2D eigenvalue weighted by molar-refractivity contribution is -0.231. The summed E-state index contributed by atoms with van der Waals surface area (Å²) < 4.78 is 7.25. The largest absolute Gasteiger partial charge is 0.394 e. The molecule has 0 bridgehead atoms. The fourth-order valence-electron chi connectivity index (χ4n) is 3.94. The maximum Gasteiger partial charge on any atom is 0.326 e. The van der Waals surface area contributed by atoms with E-state index < -0.39 is 37.1 Å². The molecule has 0 radical (unpaired) electrons. The van der Waals surface area contributed by atoms with Crippen molar-refractivity contribution in [3.63, 3.8) is 0 Å². The van der Waals surface area contributed by atoms with E-state index in [1.165, 1.54) is 5.56 Å². The molecule has 1 aliphatic heterocycles. The predicted octanol–water partition coefficient (Wildman–Crippen LogP) is 0.455. The molecule has 1 fully saturated rings. The van der Waals surface area contributed by atoms with Gasteiger partial charge in [0.2, 0.25) is 0 Å². The first-order valence-corrected chi connectivity index (χ1v) is 10.0. The van der Waals surface area contributed by atoms with Gasteiger partial charge in [-0.1, -0.05) is 37.3 Å². The Hall–Kier alpha value is -2.49. The molecule has 4 rings (SSSR count). The fraction of sp³-hybridized carbons (Fsp3) is 0.409. The van der Waals surface area contributed by atoms with Gasteiger partial charge in [0.25, 0.3) is 0 Å². The highest BCUT2D eigenvalue weighted by atomic mass is 16.5. The molecule has 1 aliphatic rings. The Morgan fingerprint density at radius 1 is 1.00 bits per heavy atom. The highest BCUT2D eigenvalue weighted by Gasteiger charge is 2.44. The van der Waals surface area contributed by atoms with Gasteiger partial charge in [0.15, 0.2) is 0 Å². The molecule has 0 saturated carbocycles. The zero-order valence-corrected chi connectivity index (χ0v) is 16.6. The molecule has 160 valence electrons. The molecule has 5 atom stereocenters. The molecular weight excluding hydrogens is 388 g/mol. The zero-order valence-electron chi connectivity index (χ0n) is 16.6. The summed E-state index contributed by atoms with van der Waals surface area (Å²) in [5, 5.41) is 39.9. The monoisotopic (exact) mass is 414 g/mol. The summed E-state index contributed by atoms with van der Waals surface area (Å²) in [6, 6.07) is 13.2. The van der Waals surface area contributed by atoms with Crippen LogP contribution in [0.2, 0.25) is 0 Å². The summed E-state index contributed by atoms with van der Waals surface area (Å²) in [6.07, 6.45) is -5.25. The number of aromatic nitrogens is 2. The van der Waals surface area contributed by atoms with Gasteiger partial charge < -0.3 is 30.1 Å². The third-order valence-corrected chi connectivity index (χ3v) is 5.79. The van der Waals surface area contributed by atoms with Gasteiger partial charge in [-0.3, -0.25) is 4.57 Å². The molecule has 5 N–H and O–H groups in total. The number of aryl methyl sites for hydroxylation is 1. The van der Waals surface area contributed by atoms with Gasteiger partial charge in [-0.05, 0) is 35.2 Å². The van der Waals surface area contributed by atoms with Crippen molar-refractivity contribution < 1.29 is 25.2 Å². The molecule has 0 spiro atoms. The first-order chi connectivity index (χ1) is 14.4. The maximum absolute atomic E-state index is 12.5. The molecule has 2 heterocycles. The second kappa shape index (κ2) is 8.33. The van der Waals surface area contributed by atoms with Gasteiger partial charge in [0, 0.05) is 0 Å². The molecule has 2 aromatic carbocycles. The number of nitrogens with one attached hydrogen (secondary N) is 1. The SMILES string of the molecule is CCc1ccc(Cn2c(=O)[nH]c3ccc(C4OC(CO)C(O)C(O)C4O)cc32)cc1. The first kappa shape index (κ1) is 20.8. The summed E-state index contributed by atoms with van der Waals surface area (Å²) in [7, 11) is 0. The van der Waals surface area contributed by atoms with Crippen LogP contribution in [-0.2, 0) is 17.7 Å². The highest BCUT2D eigenvalue weighted by Crippen LogP contribution is 2.33. The number of hydrogen-bond acceptors (Lipinski definition) is 6. The number of imidazole rings is 1. The molecule has 1 saturated heterocycles. The number of nitrogens with zero attached hydrogens (tertiary/aromatic N) is 1. The van der Waals surface area contributed by atoms with E-state index in [-0.39, 0.29) is 5.69 Å².